The lowest BCUT2D eigenvalue weighted by molar-refractivity contribution is -0.602. The summed E-state index contributed by atoms with van der Waals surface area (Å²) >= 11 is 6.13. The van der Waals surface area contributed by atoms with E-state index in [1.54, 1.807) is 0 Å². The normalized spacial score (nSPS) is 17.9. The molecular weight excluding hydrogens is 220 g/mol. The quantitative estimate of drug-likeness (QED) is 0.635. The molecule has 0 bridgehead atoms. The fourth-order valence-corrected chi connectivity index (χ4v) is 2.70. The fraction of sp³-hybridized carbons (Fsp3) is 0.462. The zero-order valence-electron chi connectivity index (χ0n) is 9.67. The molecule has 0 radical (unpaired) electrons. The van der Waals surface area contributed by atoms with Crippen LogP contribution in [0.5, 0.6) is 0 Å². The molecule has 0 amide bonds. The van der Waals surface area contributed by atoms with E-state index in [1.165, 1.54) is 12.0 Å². The largest absolute Gasteiger partial charge is 0.326 e. The fourth-order valence-electron chi connectivity index (χ4n) is 2.44. The van der Waals surface area contributed by atoms with Gasteiger partial charge in [-0.3, -0.25) is 0 Å². The highest BCUT2D eigenvalue weighted by Crippen LogP contribution is 2.44. The topological polar surface area (TPSA) is 29.0 Å². The molecule has 1 fully saturated rings. The van der Waals surface area contributed by atoms with Gasteiger partial charge in [0.1, 0.15) is 13.8 Å². The van der Waals surface area contributed by atoms with Crippen molar-refractivity contribution in [3.8, 4) is 0 Å². The second-order valence-electron chi connectivity index (χ2n) is 4.64. The molecule has 0 saturated heterocycles. The molecule has 86 valence electrons. The molecule has 1 aromatic rings. The maximum atomic E-state index is 6.13. The third kappa shape index (κ3) is 1.76. The van der Waals surface area contributed by atoms with Crippen molar-refractivity contribution in [1.82, 2.24) is 0 Å². The van der Waals surface area contributed by atoms with E-state index in [4.69, 9.17) is 17.3 Å². The van der Waals surface area contributed by atoms with Crippen molar-refractivity contribution in [2.24, 2.45) is 5.73 Å². The molecule has 0 atom stereocenters. The zero-order valence-corrected chi connectivity index (χ0v) is 10.4. The van der Waals surface area contributed by atoms with Gasteiger partial charge in [-0.25, -0.2) is 4.58 Å². The molecule has 16 heavy (non-hydrogen) atoms. The van der Waals surface area contributed by atoms with E-state index in [1.807, 2.05) is 19.2 Å². The van der Waals surface area contributed by atoms with Crippen LogP contribution in [0.1, 0.15) is 30.4 Å². The lowest BCUT2D eigenvalue weighted by atomic mass is 9.71. The van der Waals surface area contributed by atoms with Gasteiger partial charge < -0.3 is 5.73 Å². The molecule has 1 aliphatic carbocycles. The van der Waals surface area contributed by atoms with Crippen molar-refractivity contribution < 1.29 is 4.58 Å². The third-order valence-corrected chi connectivity index (χ3v) is 3.86. The van der Waals surface area contributed by atoms with Gasteiger partial charge in [-0.05, 0) is 30.2 Å². The van der Waals surface area contributed by atoms with Crippen LogP contribution in [0.3, 0.4) is 0 Å². The van der Waals surface area contributed by atoms with Crippen molar-refractivity contribution in [2.75, 3.05) is 7.05 Å². The van der Waals surface area contributed by atoms with Crippen molar-refractivity contribution in [3.63, 3.8) is 0 Å². The van der Waals surface area contributed by atoms with Crippen LogP contribution in [0.2, 0.25) is 5.02 Å². The first kappa shape index (κ1) is 11.6. The van der Waals surface area contributed by atoms with Gasteiger partial charge in [0.2, 0.25) is 0 Å². The molecule has 0 aromatic heterocycles. The Bertz CT molecular complexity index is 422. The number of benzene rings is 1. The lowest BCUT2D eigenvalue weighted by Crippen LogP contribution is -2.43. The minimum atomic E-state index is 0.0782. The minimum absolute atomic E-state index is 0.0782. The number of rotatable bonds is 3. The van der Waals surface area contributed by atoms with E-state index in [0.717, 1.165) is 23.4 Å². The van der Waals surface area contributed by atoms with Crippen molar-refractivity contribution in [1.29, 1.82) is 0 Å². The van der Waals surface area contributed by atoms with Gasteiger partial charge in [0, 0.05) is 30.0 Å². The Morgan fingerprint density at radius 3 is 2.56 bits per heavy atom. The van der Waals surface area contributed by atoms with E-state index in [0.29, 0.717) is 6.54 Å². The summed E-state index contributed by atoms with van der Waals surface area (Å²) in [6.45, 7) is 4.59. The Labute approximate surface area is 102 Å². The van der Waals surface area contributed by atoms with Crippen LogP contribution in [0.25, 0.3) is 0 Å². The molecular formula is C13H18ClN2+. The number of nitrogens with zero attached hydrogens (tertiary/aromatic N) is 1. The average molecular weight is 238 g/mol. The van der Waals surface area contributed by atoms with E-state index < -0.39 is 0 Å². The van der Waals surface area contributed by atoms with E-state index in [2.05, 4.69) is 17.4 Å². The lowest BCUT2D eigenvalue weighted by Gasteiger charge is -2.37. The summed E-state index contributed by atoms with van der Waals surface area (Å²) in [6.07, 6.45) is 3.55. The molecule has 2 N–H and O–H groups in total. The SMILES string of the molecule is C=[N+](C)C1(c2cc(Cl)cc(CN)c2)CCC1. The molecule has 1 aromatic carbocycles. The monoisotopic (exact) mass is 237 g/mol. The summed E-state index contributed by atoms with van der Waals surface area (Å²) in [4.78, 5) is 0. The van der Waals surface area contributed by atoms with Crippen LogP contribution in [0.4, 0.5) is 0 Å². The molecule has 1 aliphatic rings. The molecule has 0 unspecified atom stereocenters. The Balaban J connectivity index is 2.46. The minimum Gasteiger partial charge on any atom is -0.326 e. The summed E-state index contributed by atoms with van der Waals surface area (Å²) in [5.74, 6) is 0. The highest BCUT2D eigenvalue weighted by molar-refractivity contribution is 6.30. The van der Waals surface area contributed by atoms with E-state index in [-0.39, 0.29) is 5.54 Å². The highest BCUT2D eigenvalue weighted by atomic mass is 35.5. The van der Waals surface area contributed by atoms with Crippen LogP contribution in [-0.4, -0.2) is 18.3 Å². The zero-order chi connectivity index (χ0) is 11.8. The van der Waals surface area contributed by atoms with Crippen molar-refractivity contribution >= 4 is 18.3 Å². The standard InChI is InChI=1S/C13H18ClN2/c1-16(2)13(4-3-5-13)11-6-10(9-15)7-12(14)8-11/h6-8H,1,3-5,9,15H2,2H3/q+1. The molecule has 0 heterocycles. The summed E-state index contributed by atoms with van der Waals surface area (Å²) in [6, 6.07) is 6.13. The van der Waals surface area contributed by atoms with Crippen molar-refractivity contribution in [3.05, 3.63) is 34.3 Å². The molecule has 0 spiro atoms. The predicted molar refractivity (Wildman–Crippen MR) is 68.2 cm³/mol. The maximum Gasteiger partial charge on any atom is 0.186 e. The second-order valence-corrected chi connectivity index (χ2v) is 5.07. The maximum absolute atomic E-state index is 6.13. The predicted octanol–water partition coefficient (Wildman–Crippen LogP) is 2.52. The van der Waals surface area contributed by atoms with Gasteiger partial charge in [-0.15, -0.1) is 0 Å². The average Bonchev–Trinajstić information content (AvgIpc) is 2.14. The van der Waals surface area contributed by atoms with Gasteiger partial charge in [0.15, 0.2) is 5.54 Å². The summed E-state index contributed by atoms with van der Waals surface area (Å²) < 4.78 is 2.06. The third-order valence-electron chi connectivity index (χ3n) is 3.64. The molecule has 3 heteroatoms. The van der Waals surface area contributed by atoms with Crippen LogP contribution < -0.4 is 5.73 Å². The molecule has 2 nitrogen and oxygen atoms in total. The number of hydrogen-bond acceptors (Lipinski definition) is 1. The van der Waals surface area contributed by atoms with Gasteiger partial charge in [0.05, 0.1) is 0 Å². The van der Waals surface area contributed by atoms with E-state index in [9.17, 15) is 0 Å². The van der Waals surface area contributed by atoms with Crippen LogP contribution in [-0.2, 0) is 12.1 Å². The number of nitrogens with two attached hydrogens (primary N) is 1. The molecule has 1 saturated carbocycles. The van der Waals surface area contributed by atoms with Gasteiger partial charge in [0.25, 0.3) is 0 Å². The van der Waals surface area contributed by atoms with Gasteiger partial charge in [-0.1, -0.05) is 11.6 Å². The summed E-state index contributed by atoms with van der Waals surface area (Å²) in [7, 11) is 2.03. The van der Waals surface area contributed by atoms with Crippen molar-refractivity contribution in [2.45, 2.75) is 31.3 Å². The Hall–Kier alpha value is -0.860. The smallest absolute Gasteiger partial charge is 0.186 e. The Kier molecular flexibility index (Phi) is 3.04. The molecule has 0 aliphatic heterocycles. The van der Waals surface area contributed by atoms with Gasteiger partial charge >= 0.3 is 0 Å². The van der Waals surface area contributed by atoms with Crippen LogP contribution in [0.15, 0.2) is 18.2 Å². The Morgan fingerprint density at radius 1 is 1.44 bits per heavy atom. The molecule has 2 rings (SSSR count). The Morgan fingerprint density at radius 2 is 2.12 bits per heavy atom. The first-order valence-electron chi connectivity index (χ1n) is 5.63. The van der Waals surface area contributed by atoms with Gasteiger partial charge in [-0.2, -0.15) is 0 Å². The summed E-state index contributed by atoms with van der Waals surface area (Å²) in [5.41, 5.74) is 8.10. The van der Waals surface area contributed by atoms with Crippen LogP contribution >= 0.6 is 11.6 Å². The second kappa shape index (κ2) is 4.19. The number of hydrogen-bond donors (Lipinski definition) is 1. The summed E-state index contributed by atoms with van der Waals surface area (Å²) in [5, 5.41) is 0.770. The first-order valence-corrected chi connectivity index (χ1v) is 6.00. The number of halogens is 1. The van der Waals surface area contributed by atoms with E-state index >= 15 is 0 Å². The first-order chi connectivity index (χ1) is 7.58. The highest BCUT2D eigenvalue weighted by Gasteiger charge is 2.46. The van der Waals surface area contributed by atoms with Crippen LogP contribution in [0, 0.1) is 0 Å².